The van der Waals surface area contributed by atoms with E-state index in [4.69, 9.17) is 16.3 Å². The van der Waals surface area contributed by atoms with Crippen molar-refractivity contribution in [3.8, 4) is 5.75 Å². The van der Waals surface area contributed by atoms with Crippen molar-refractivity contribution in [2.45, 2.75) is 58.7 Å². The minimum atomic E-state index is -0.704. The van der Waals surface area contributed by atoms with Crippen LogP contribution in [0, 0.1) is 0 Å². The minimum Gasteiger partial charge on any atom is -0.484 e. The number of rotatable bonds is 11. The minimum absolute atomic E-state index is 0.0565. The maximum atomic E-state index is 13.6. The summed E-state index contributed by atoms with van der Waals surface area (Å²) in [5, 5.41) is 3.60. The van der Waals surface area contributed by atoms with Crippen molar-refractivity contribution in [2.24, 2.45) is 0 Å². The first kappa shape index (κ1) is 27.3. The Hall–Kier alpha value is -3.31. The number of carbonyl (C=O) groups is 2. The average molecular weight is 507 g/mol. The Morgan fingerprint density at radius 2 is 1.50 bits per heavy atom. The van der Waals surface area contributed by atoms with Crippen LogP contribution >= 0.6 is 11.6 Å². The molecule has 0 heterocycles. The molecule has 3 aromatic carbocycles. The van der Waals surface area contributed by atoms with Crippen LogP contribution in [0.5, 0.6) is 5.75 Å². The van der Waals surface area contributed by atoms with Crippen LogP contribution in [0.4, 0.5) is 0 Å². The zero-order valence-electron chi connectivity index (χ0n) is 21.4. The molecule has 2 amide bonds. The molecule has 0 aliphatic heterocycles. The summed E-state index contributed by atoms with van der Waals surface area (Å²) < 4.78 is 5.86. The monoisotopic (exact) mass is 506 g/mol. The Labute approximate surface area is 219 Å². The number of halogens is 1. The quantitative estimate of drug-likeness (QED) is 0.346. The Kier molecular flexibility index (Phi) is 9.95. The van der Waals surface area contributed by atoms with Crippen molar-refractivity contribution in [3.63, 3.8) is 0 Å². The van der Waals surface area contributed by atoms with Gasteiger partial charge in [-0.2, -0.15) is 0 Å². The summed E-state index contributed by atoms with van der Waals surface area (Å²) in [6, 6.07) is 24.0. The van der Waals surface area contributed by atoms with Gasteiger partial charge in [-0.15, -0.1) is 0 Å². The molecule has 3 rings (SSSR count). The molecule has 0 aliphatic rings. The molecule has 0 aliphatic carbocycles. The zero-order chi connectivity index (χ0) is 26.1. The first-order chi connectivity index (χ1) is 17.2. The summed E-state index contributed by atoms with van der Waals surface area (Å²) in [4.78, 5) is 28.5. The van der Waals surface area contributed by atoms with Gasteiger partial charge in [-0.05, 0) is 60.7 Å². The van der Waals surface area contributed by atoms with Gasteiger partial charge in [0, 0.05) is 24.0 Å². The van der Waals surface area contributed by atoms with Crippen LogP contribution in [-0.4, -0.2) is 35.4 Å². The SMILES string of the molecule is CC(C)NC(=O)C(Cc1ccccc1)N(Cc1ccc(Cl)cc1)C(=O)COc1ccc(C(C)C)cc1. The molecule has 0 radical (unpaired) electrons. The van der Waals surface area contributed by atoms with Crippen LogP contribution in [0.3, 0.4) is 0 Å². The number of nitrogens with one attached hydrogen (secondary N) is 1. The highest BCUT2D eigenvalue weighted by molar-refractivity contribution is 6.30. The topological polar surface area (TPSA) is 58.6 Å². The van der Waals surface area contributed by atoms with Crippen LogP contribution in [0.2, 0.25) is 5.02 Å². The standard InChI is InChI=1S/C30H35ClN2O3/c1-21(2)25-12-16-27(17-13-25)36-20-29(34)33(19-24-10-14-26(31)15-11-24)28(30(35)32-22(3)4)18-23-8-6-5-7-9-23/h5-17,21-22,28H,18-20H2,1-4H3,(H,32,35). The summed E-state index contributed by atoms with van der Waals surface area (Å²) in [5.74, 6) is 0.564. The van der Waals surface area contributed by atoms with Crippen molar-refractivity contribution in [1.82, 2.24) is 10.2 Å². The highest BCUT2D eigenvalue weighted by Crippen LogP contribution is 2.20. The molecule has 1 atom stereocenters. The van der Waals surface area contributed by atoms with Gasteiger partial charge in [-0.25, -0.2) is 0 Å². The lowest BCUT2D eigenvalue weighted by atomic mass is 10.0. The molecule has 1 unspecified atom stereocenters. The Balaban J connectivity index is 1.87. The van der Waals surface area contributed by atoms with Crippen LogP contribution in [0.1, 0.15) is 50.3 Å². The van der Waals surface area contributed by atoms with Gasteiger partial charge >= 0.3 is 0 Å². The molecule has 36 heavy (non-hydrogen) atoms. The molecule has 0 fully saturated rings. The molecule has 0 spiro atoms. The maximum absolute atomic E-state index is 13.6. The van der Waals surface area contributed by atoms with E-state index in [-0.39, 0.29) is 31.0 Å². The number of benzene rings is 3. The van der Waals surface area contributed by atoms with E-state index in [1.165, 1.54) is 5.56 Å². The van der Waals surface area contributed by atoms with Crippen molar-refractivity contribution in [3.05, 3.63) is 101 Å². The first-order valence-electron chi connectivity index (χ1n) is 12.3. The van der Waals surface area contributed by atoms with E-state index in [0.29, 0.717) is 23.1 Å². The Bertz CT molecular complexity index is 1110. The molecule has 0 aromatic heterocycles. The first-order valence-corrected chi connectivity index (χ1v) is 12.7. The van der Waals surface area contributed by atoms with E-state index in [2.05, 4.69) is 19.2 Å². The predicted molar refractivity (Wildman–Crippen MR) is 145 cm³/mol. The highest BCUT2D eigenvalue weighted by Gasteiger charge is 2.31. The van der Waals surface area contributed by atoms with Crippen molar-refractivity contribution >= 4 is 23.4 Å². The van der Waals surface area contributed by atoms with Gasteiger partial charge in [-0.1, -0.05) is 80.0 Å². The second kappa shape index (κ2) is 13.1. The molecule has 5 nitrogen and oxygen atoms in total. The summed E-state index contributed by atoms with van der Waals surface area (Å²) >= 11 is 6.07. The maximum Gasteiger partial charge on any atom is 0.261 e. The van der Waals surface area contributed by atoms with E-state index in [1.54, 1.807) is 17.0 Å². The van der Waals surface area contributed by atoms with Gasteiger partial charge in [0.1, 0.15) is 11.8 Å². The summed E-state index contributed by atoms with van der Waals surface area (Å²) in [6.07, 6.45) is 0.391. The lowest BCUT2D eigenvalue weighted by Gasteiger charge is -2.32. The van der Waals surface area contributed by atoms with Gasteiger partial charge in [0.25, 0.3) is 5.91 Å². The number of nitrogens with zero attached hydrogens (tertiary/aromatic N) is 1. The highest BCUT2D eigenvalue weighted by atomic mass is 35.5. The Morgan fingerprint density at radius 3 is 2.08 bits per heavy atom. The molecule has 0 saturated heterocycles. The predicted octanol–water partition coefficient (Wildman–Crippen LogP) is 6.01. The number of carbonyl (C=O) groups excluding carboxylic acids is 2. The molecular formula is C30H35ClN2O3. The number of hydrogen-bond donors (Lipinski definition) is 1. The molecular weight excluding hydrogens is 472 g/mol. The second-order valence-electron chi connectivity index (χ2n) is 9.53. The van der Waals surface area contributed by atoms with Gasteiger partial charge in [0.15, 0.2) is 6.61 Å². The average Bonchev–Trinajstić information content (AvgIpc) is 2.86. The van der Waals surface area contributed by atoms with Gasteiger partial charge in [0.05, 0.1) is 0 Å². The fourth-order valence-electron chi connectivity index (χ4n) is 3.90. The largest absolute Gasteiger partial charge is 0.484 e. The molecule has 3 aromatic rings. The van der Waals surface area contributed by atoms with E-state index in [1.807, 2.05) is 80.6 Å². The zero-order valence-corrected chi connectivity index (χ0v) is 22.2. The summed E-state index contributed by atoms with van der Waals surface area (Å²) in [5.41, 5.74) is 3.05. The third-order valence-electron chi connectivity index (χ3n) is 5.88. The second-order valence-corrected chi connectivity index (χ2v) is 9.97. The third kappa shape index (κ3) is 8.13. The van der Waals surface area contributed by atoms with E-state index >= 15 is 0 Å². The number of hydrogen-bond acceptors (Lipinski definition) is 3. The molecule has 6 heteroatoms. The van der Waals surface area contributed by atoms with Crippen LogP contribution in [0.25, 0.3) is 0 Å². The van der Waals surface area contributed by atoms with Gasteiger partial charge in [0.2, 0.25) is 5.91 Å². The normalized spacial score (nSPS) is 11.9. The van der Waals surface area contributed by atoms with Crippen molar-refractivity contribution in [1.29, 1.82) is 0 Å². The molecule has 0 saturated carbocycles. The van der Waals surface area contributed by atoms with Gasteiger partial charge < -0.3 is 15.0 Å². The van der Waals surface area contributed by atoms with Gasteiger partial charge in [-0.3, -0.25) is 9.59 Å². The number of amides is 2. The van der Waals surface area contributed by atoms with Crippen molar-refractivity contribution < 1.29 is 14.3 Å². The molecule has 190 valence electrons. The number of ether oxygens (including phenoxy) is 1. The van der Waals surface area contributed by atoms with Crippen LogP contribution in [-0.2, 0) is 22.6 Å². The fraction of sp³-hybridized carbons (Fsp3) is 0.333. The van der Waals surface area contributed by atoms with E-state index in [0.717, 1.165) is 11.1 Å². The smallest absolute Gasteiger partial charge is 0.261 e. The van der Waals surface area contributed by atoms with Crippen LogP contribution in [0.15, 0.2) is 78.9 Å². The van der Waals surface area contributed by atoms with Crippen LogP contribution < -0.4 is 10.1 Å². The summed E-state index contributed by atoms with van der Waals surface area (Å²) in [6.45, 7) is 8.16. The summed E-state index contributed by atoms with van der Waals surface area (Å²) in [7, 11) is 0. The third-order valence-corrected chi connectivity index (χ3v) is 6.13. The fourth-order valence-corrected chi connectivity index (χ4v) is 4.02. The molecule has 1 N–H and O–H groups in total. The van der Waals surface area contributed by atoms with Crippen molar-refractivity contribution in [2.75, 3.05) is 6.61 Å². The van der Waals surface area contributed by atoms with E-state index < -0.39 is 6.04 Å². The lowest BCUT2D eigenvalue weighted by Crippen LogP contribution is -2.52. The molecule has 0 bridgehead atoms. The van der Waals surface area contributed by atoms with E-state index in [9.17, 15) is 9.59 Å². The Morgan fingerprint density at radius 1 is 0.861 bits per heavy atom. The lowest BCUT2D eigenvalue weighted by molar-refractivity contribution is -0.143.